The molecule has 1 heterocycles. The molecule has 0 spiro atoms. The topological polar surface area (TPSA) is 70.5 Å². The molecule has 6 heteroatoms. The molecule has 1 unspecified atom stereocenters. The maximum absolute atomic E-state index is 11.7. The second-order valence-corrected chi connectivity index (χ2v) is 5.22. The first kappa shape index (κ1) is 14.5. The third-order valence-corrected chi connectivity index (χ3v) is 3.53. The third-order valence-electron chi connectivity index (χ3n) is 2.28. The molecule has 1 rings (SSSR count). The van der Waals surface area contributed by atoms with Gasteiger partial charge in [-0.25, -0.2) is 0 Å². The number of aromatic nitrogens is 1. The maximum Gasteiger partial charge on any atom is 0.307 e. The standard InChI is InChI=1S/C12H16N2O3S/c1-8(12(16)17)7-18-9-4-5-13-10(6-9)11(15)14(2)3/h4-6,8H,7H2,1-3H3,(H,16,17). The summed E-state index contributed by atoms with van der Waals surface area (Å²) in [6.07, 6.45) is 1.56. The molecule has 0 aliphatic rings. The predicted octanol–water partition coefficient (Wildman–Crippen LogP) is 1.60. The largest absolute Gasteiger partial charge is 0.481 e. The fraction of sp³-hybridized carbons (Fsp3) is 0.417. The molecule has 1 atom stereocenters. The van der Waals surface area contributed by atoms with E-state index in [0.29, 0.717) is 11.4 Å². The van der Waals surface area contributed by atoms with Gasteiger partial charge in [-0.1, -0.05) is 6.92 Å². The number of pyridine rings is 1. The molecule has 0 aliphatic heterocycles. The number of nitrogens with zero attached hydrogens (tertiary/aromatic N) is 2. The molecule has 98 valence electrons. The van der Waals surface area contributed by atoms with Crippen LogP contribution in [0.2, 0.25) is 0 Å². The van der Waals surface area contributed by atoms with Gasteiger partial charge in [0.05, 0.1) is 5.92 Å². The van der Waals surface area contributed by atoms with Crippen molar-refractivity contribution in [3.05, 3.63) is 24.0 Å². The normalized spacial score (nSPS) is 11.9. The number of aliphatic carboxylic acids is 1. The van der Waals surface area contributed by atoms with Gasteiger partial charge in [0.1, 0.15) is 5.69 Å². The smallest absolute Gasteiger partial charge is 0.307 e. The SMILES string of the molecule is CC(CSc1ccnc(C(=O)N(C)C)c1)C(=O)O. The minimum atomic E-state index is -0.818. The summed E-state index contributed by atoms with van der Waals surface area (Å²) in [6, 6.07) is 3.45. The highest BCUT2D eigenvalue weighted by molar-refractivity contribution is 7.99. The van der Waals surface area contributed by atoms with Crippen molar-refractivity contribution in [2.75, 3.05) is 19.8 Å². The van der Waals surface area contributed by atoms with E-state index in [1.807, 2.05) is 0 Å². The highest BCUT2D eigenvalue weighted by atomic mass is 32.2. The van der Waals surface area contributed by atoms with Gasteiger partial charge in [-0.05, 0) is 12.1 Å². The molecular formula is C12H16N2O3S. The van der Waals surface area contributed by atoms with Gasteiger partial charge in [0.15, 0.2) is 0 Å². The fourth-order valence-corrected chi connectivity index (χ4v) is 2.08. The highest BCUT2D eigenvalue weighted by Gasteiger charge is 2.13. The van der Waals surface area contributed by atoms with Crippen molar-refractivity contribution in [3.63, 3.8) is 0 Å². The Morgan fingerprint density at radius 3 is 2.72 bits per heavy atom. The monoisotopic (exact) mass is 268 g/mol. The molecule has 0 saturated heterocycles. The number of carboxylic acids is 1. The van der Waals surface area contributed by atoms with Gasteiger partial charge >= 0.3 is 5.97 Å². The van der Waals surface area contributed by atoms with Crippen LogP contribution in [0.25, 0.3) is 0 Å². The van der Waals surface area contributed by atoms with E-state index in [4.69, 9.17) is 5.11 Å². The summed E-state index contributed by atoms with van der Waals surface area (Å²) in [5, 5.41) is 8.79. The molecule has 1 aromatic heterocycles. The van der Waals surface area contributed by atoms with Crippen LogP contribution < -0.4 is 0 Å². The van der Waals surface area contributed by atoms with Gasteiger partial charge in [-0.3, -0.25) is 14.6 Å². The number of hydrogen-bond donors (Lipinski definition) is 1. The maximum atomic E-state index is 11.7. The molecule has 0 saturated carbocycles. The summed E-state index contributed by atoms with van der Waals surface area (Å²) in [6.45, 7) is 1.66. The van der Waals surface area contributed by atoms with Crippen molar-refractivity contribution in [2.24, 2.45) is 5.92 Å². The van der Waals surface area contributed by atoms with Crippen LogP contribution >= 0.6 is 11.8 Å². The first-order valence-corrected chi connectivity index (χ1v) is 6.43. The fourth-order valence-electron chi connectivity index (χ4n) is 1.14. The van der Waals surface area contributed by atoms with Crippen LogP contribution in [0.4, 0.5) is 0 Å². The molecule has 1 amide bonds. The van der Waals surface area contributed by atoms with Crippen molar-refractivity contribution < 1.29 is 14.7 Å². The first-order valence-electron chi connectivity index (χ1n) is 5.45. The molecule has 18 heavy (non-hydrogen) atoms. The van der Waals surface area contributed by atoms with Crippen LogP contribution in [-0.4, -0.2) is 46.7 Å². The van der Waals surface area contributed by atoms with Crippen molar-refractivity contribution >= 4 is 23.6 Å². The molecule has 1 aromatic rings. The lowest BCUT2D eigenvalue weighted by Crippen LogP contribution is -2.22. The average molecular weight is 268 g/mol. The number of amides is 1. The predicted molar refractivity (Wildman–Crippen MR) is 69.8 cm³/mol. The average Bonchev–Trinajstić information content (AvgIpc) is 2.35. The van der Waals surface area contributed by atoms with E-state index < -0.39 is 11.9 Å². The van der Waals surface area contributed by atoms with E-state index in [2.05, 4.69) is 4.98 Å². The zero-order valence-corrected chi connectivity index (χ0v) is 11.4. The van der Waals surface area contributed by atoms with Gasteiger partial charge < -0.3 is 10.0 Å². The van der Waals surface area contributed by atoms with Crippen molar-refractivity contribution in [2.45, 2.75) is 11.8 Å². The summed E-state index contributed by atoms with van der Waals surface area (Å²) < 4.78 is 0. The molecule has 0 aliphatic carbocycles. The van der Waals surface area contributed by atoms with Gasteiger partial charge in [-0.15, -0.1) is 11.8 Å². The van der Waals surface area contributed by atoms with Crippen molar-refractivity contribution in [1.82, 2.24) is 9.88 Å². The quantitative estimate of drug-likeness (QED) is 0.821. The minimum Gasteiger partial charge on any atom is -0.481 e. The highest BCUT2D eigenvalue weighted by Crippen LogP contribution is 2.21. The van der Waals surface area contributed by atoms with Gasteiger partial charge in [-0.2, -0.15) is 0 Å². The molecule has 0 aromatic carbocycles. The number of carbonyl (C=O) groups excluding carboxylic acids is 1. The Morgan fingerprint density at radius 1 is 1.50 bits per heavy atom. The Bertz CT molecular complexity index is 449. The Hall–Kier alpha value is -1.56. The summed E-state index contributed by atoms with van der Waals surface area (Å²) in [7, 11) is 3.33. The number of carbonyl (C=O) groups is 2. The molecule has 5 nitrogen and oxygen atoms in total. The van der Waals surface area contributed by atoms with Crippen molar-refractivity contribution in [3.8, 4) is 0 Å². The second kappa shape index (κ2) is 6.39. The summed E-state index contributed by atoms with van der Waals surface area (Å²) >= 11 is 1.41. The van der Waals surface area contributed by atoms with E-state index in [9.17, 15) is 9.59 Å². The zero-order chi connectivity index (χ0) is 13.7. The zero-order valence-electron chi connectivity index (χ0n) is 10.6. The van der Waals surface area contributed by atoms with E-state index in [1.165, 1.54) is 16.7 Å². The van der Waals surface area contributed by atoms with E-state index in [1.54, 1.807) is 39.3 Å². The van der Waals surface area contributed by atoms with E-state index in [-0.39, 0.29) is 5.91 Å². The van der Waals surface area contributed by atoms with Gasteiger partial charge in [0.25, 0.3) is 5.91 Å². The molecule has 0 radical (unpaired) electrons. The van der Waals surface area contributed by atoms with E-state index in [0.717, 1.165) is 4.90 Å². The van der Waals surface area contributed by atoms with Gasteiger partial charge in [0.2, 0.25) is 0 Å². The lowest BCUT2D eigenvalue weighted by molar-refractivity contribution is -0.140. The van der Waals surface area contributed by atoms with Crippen LogP contribution in [0, 0.1) is 5.92 Å². The van der Waals surface area contributed by atoms with Crippen LogP contribution in [0.3, 0.4) is 0 Å². The summed E-state index contributed by atoms with van der Waals surface area (Å²) in [4.78, 5) is 28.7. The lowest BCUT2D eigenvalue weighted by Gasteiger charge is -2.10. The molecule has 1 N–H and O–H groups in total. The Balaban J connectivity index is 2.71. The third kappa shape index (κ3) is 4.03. The Morgan fingerprint density at radius 2 is 2.17 bits per heavy atom. The lowest BCUT2D eigenvalue weighted by atomic mass is 10.2. The first-order chi connectivity index (χ1) is 8.41. The van der Waals surface area contributed by atoms with Crippen molar-refractivity contribution in [1.29, 1.82) is 0 Å². The molecular weight excluding hydrogens is 252 g/mol. The second-order valence-electron chi connectivity index (χ2n) is 4.13. The number of carboxylic acid groups (broad SMARTS) is 1. The molecule has 0 bridgehead atoms. The van der Waals surface area contributed by atoms with Crippen LogP contribution in [0.15, 0.2) is 23.2 Å². The van der Waals surface area contributed by atoms with Gasteiger partial charge in [0, 0.05) is 30.9 Å². The molecule has 0 fully saturated rings. The summed E-state index contributed by atoms with van der Waals surface area (Å²) in [5.74, 6) is -0.935. The van der Waals surface area contributed by atoms with E-state index >= 15 is 0 Å². The van der Waals surface area contributed by atoms with Crippen LogP contribution in [0.5, 0.6) is 0 Å². The Kier molecular flexibility index (Phi) is 5.15. The van der Waals surface area contributed by atoms with Crippen LogP contribution in [-0.2, 0) is 4.79 Å². The summed E-state index contributed by atoms with van der Waals surface area (Å²) in [5.41, 5.74) is 0.368. The number of rotatable bonds is 5. The number of thioether (sulfide) groups is 1. The minimum absolute atomic E-state index is 0.163. The Labute approximate surface area is 110 Å². The van der Waals surface area contributed by atoms with Crippen LogP contribution in [0.1, 0.15) is 17.4 Å². The number of hydrogen-bond acceptors (Lipinski definition) is 4.